The second-order valence-corrected chi connectivity index (χ2v) is 10.1. The van der Waals surface area contributed by atoms with Crippen molar-refractivity contribution >= 4 is 17.6 Å². The molecule has 218 valence electrons. The Bertz CT molecular complexity index is 1400. The number of hydrogen-bond acceptors (Lipinski definition) is 5. The van der Waals surface area contributed by atoms with E-state index in [1.165, 1.54) is 58.5 Å². The lowest BCUT2D eigenvalue weighted by Crippen LogP contribution is -2.50. The summed E-state index contributed by atoms with van der Waals surface area (Å²) in [5.41, 5.74) is 0.0852. The Morgan fingerprint density at radius 1 is 1.20 bits per heavy atom. The maximum atomic E-state index is 13.6. The third-order valence-corrected chi connectivity index (χ3v) is 6.94. The Balaban J connectivity index is 1.65. The molecule has 3 amide bonds. The van der Waals surface area contributed by atoms with Gasteiger partial charge in [-0.25, -0.2) is 14.2 Å². The Kier molecular flexibility index (Phi) is 8.81. The second kappa shape index (κ2) is 12.1. The monoisotopic (exact) mass is 574 g/mol. The summed E-state index contributed by atoms with van der Waals surface area (Å²) in [5, 5.41) is 12.5. The van der Waals surface area contributed by atoms with Gasteiger partial charge in [0.25, 0.3) is 5.91 Å². The maximum absolute atomic E-state index is 13.6. The zero-order chi connectivity index (χ0) is 29.9. The quantitative estimate of drug-likeness (QED) is 0.390. The largest absolute Gasteiger partial charge is 0.472 e. The van der Waals surface area contributed by atoms with Gasteiger partial charge in [0.05, 0.1) is 24.8 Å². The van der Waals surface area contributed by atoms with E-state index in [-0.39, 0.29) is 48.2 Å². The average Bonchev–Trinajstić information content (AvgIpc) is 2.95. The normalized spacial score (nSPS) is 18.0. The van der Waals surface area contributed by atoms with Crippen molar-refractivity contribution < 1.29 is 37.0 Å². The number of hydrogen-bond donors (Lipinski definition) is 2. The SMILES string of the molecule is CC(CO)N1C[C@H](C)[C@H](CN(C)C(=O)Nc2ccc(F)cc2)Oc2ncc(-c3cccc(C(F)(F)F)c3)cc2C1=O. The first kappa shape index (κ1) is 29.8. The predicted octanol–water partition coefficient (Wildman–Crippen LogP) is 5.29. The van der Waals surface area contributed by atoms with E-state index in [0.717, 1.165) is 12.1 Å². The molecule has 3 atom stereocenters. The van der Waals surface area contributed by atoms with Crippen molar-refractivity contribution in [3.8, 4) is 17.0 Å². The molecule has 0 fully saturated rings. The predicted molar refractivity (Wildman–Crippen MR) is 144 cm³/mol. The number of aromatic nitrogens is 1. The van der Waals surface area contributed by atoms with Gasteiger partial charge in [0.2, 0.25) is 5.88 Å². The number of urea groups is 1. The van der Waals surface area contributed by atoms with E-state index < -0.39 is 41.6 Å². The fourth-order valence-corrected chi connectivity index (χ4v) is 4.46. The van der Waals surface area contributed by atoms with Crippen molar-refractivity contribution in [3.63, 3.8) is 0 Å². The van der Waals surface area contributed by atoms with Gasteiger partial charge in [-0.05, 0) is 55.0 Å². The Labute approximate surface area is 234 Å². The highest BCUT2D eigenvalue weighted by molar-refractivity contribution is 5.98. The van der Waals surface area contributed by atoms with Crippen LogP contribution in [0.25, 0.3) is 11.1 Å². The van der Waals surface area contributed by atoms with Crippen LogP contribution >= 0.6 is 0 Å². The molecular weight excluding hydrogens is 544 g/mol. The van der Waals surface area contributed by atoms with Gasteiger partial charge >= 0.3 is 12.2 Å². The van der Waals surface area contributed by atoms with E-state index in [1.807, 2.05) is 6.92 Å². The molecule has 1 aliphatic rings. The number of ether oxygens (including phenoxy) is 1. The third kappa shape index (κ3) is 6.94. The summed E-state index contributed by atoms with van der Waals surface area (Å²) >= 11 is 0. The number of alkyl halides is 3. The summed E-state index contributed by atoms with van der Waals surface area (Å²) in [4.78, 5) is 33.6. The smallest absolute Gasteiger partial charge is 0.416 e. The number of halogens is 4. The first-order chi connectivity index (χ1) is 19.4. The van der Waals surface area contributed by atoms with Crippen molar-refractivity contribution in [3.05, 3.63) is 77.7 Å². The van der Waals surface area contributed by atoms with E-state index in [9.17, 15) is 32.3 Å². The molecule has 0 aliphatic carbocycles. The van der Waals surface area contributed by atoms with Crippen LogP contribution in [0.2, 0.25) is 0 Å². The van der Waals surface area contributed by atoms with Crippen LogP contribution in [0.5, 0.6) is 5.88 Å². The van der Waals surface area contributed by atoms with Crippen molar-refractivity contribution in [1.29, 1.82) is 0 Å². The molecule has 1 aliphatic heterocycles. The van der Waals surface area contributed by atoms with Gasteiger partial charge in [0.1, 0.15) is 17.5 Å². The van der Waals surface area contributed by atoms with E-state index in [1.54, 1.807) is 14.0 Å². The van der Waals surface area contributed by atoms with Crippen LogP contribution in [0.4, 0.5) is 28.0 Å². The van der Waals surface area contributed by atoms with Crippen molar-refractivity contribution in [1.82, 2.24) is 14.8 Å². The number of fused-ring (bicyclic) bond motifs is 1. The molecule has 12 heteroatoms. The molecule has 0 saturated heterocycles. The van der Waals surface area contributed by atoms with Gasteiger partial charge in [0, 0.05) is 37.0 Å². The molecule has 1 unspecified atom stereocenters. The Morgan fingerprint density at radius 3 is 2.56 bits per heavy atom. The molecule has 0 radical (unpaired) electrons. The highest BCUT2D eigenvalue weighted by Crippen LogP contribution is 2.34. The first-order valence-electron chi connectivity index (χ1n) is 12.9. The number of amides is 3. The zero-order valence-electron chi connectivity index (χ0n) is 22.7. The number of aliphatic hydroxyl groups excluding tert-OH is 1. The van der Waals surface area contributed by atoms with Gasteiger partial charge in [-0.2, -0.15) is 13.2 Å². The van der Waals surface area contributed by atoms with Crippen LogP contribution in [0.15, 0.2) is 60.8 Å². The molecule has 2 N–H and O–H groups in total. The van der Waals surface area contributed by atoms with Crippen LogP contribution < -0.4 is 10.1 Å². The number of pyridine rings is 1. The molecular formula is C29H30F4N4O4. The van der Waals surface area contributed by atoms with E-state index >= 15 is 0 Å². The molecule has 2 aromatic carbocycles. The van der Waals surface area contributed by atoms with Crippen LogP contribution in [-0.4, -0.2) is 70.7 Å². The number of carbonyl (C=O) groups is 2. The number of rotatable bonds is 6. The van der Waals surface area contributed by atoms with Gasteiger partial charge in [-0.3, -0.25) is 4.79 Å². The topological polar surface area (TPSA) is 95.0 Å². The summed E-state index contributed by atoms with van der Waals surface area (Å²) in [6, 6.07) is 10.4. The standard InChI is InChI=1S/C29H30F4N4O4/c1-17-14-37(18(2)16-38)27(39)24-12-20(19-5-4-6-21(11-19)29(31,32)33)13-34-26(24)41-25(17)15-36(3)28(40)35-23-9-7-22(30)8-10-23/h4-13,17-18,25,38H,14-16H2,1-3H3,(H,35,40)/t17-,18?,25-/m0/s1. The molecule has 2 heterocycles. The zero-order valence-corrected chi connectivity index (χ0v) is 22.7. The number of anilines is 1. The number of aliphatic hydroxyl groups is 1. The summed E-state index contributed by atoms with van der Waals surface area (Å²) in [7, 11) is 1.55. The van der Waals surface area contributed by atoms with Crippen molar-refractivity contribution in [2.75, 3.05) is 32.1 Å². The molecule has 0 bridgehead atoms. The second-order valence-electron chi connectivity index (χ2n) is 10.1. The third-order valence-electron chi connectivity index (χ3n) is 6.94. The molecule has 3 aromatic rings. The van der Waals surface area contributed by atoms with Crippen molar-refractivity contribution in [2.24, 2.45) is 5.92 Å². The lowest BCUT2D eigenvalue weighted by molar-refractivity contribution is -0.137. The van der Waals surface area contributed by atoms with Gasteiger partial charge in [-0.15, -0.1) is 0 Å². The number of carbonyl (C=O) groups excluding carboxylic acids is 2. The molecule has 0 spiro atoms. The minimum atomic E-state index is -4.54. The average molecular weight is 575 g/mol. The first-order valence-corrected chi connectivity index (χ1v) is 12.9. The highest BCUT2D eigenvalue weighted by atomic mass is 19.4. The van der Waals surface area contributed by atoms with Gasteiger partial charge < -0.3 is 25.0 Å². The number of nitrogens with one attached hydrogen (secondary N) is 1. The number of likely N-dealkylation sites (N-methyl/N-ethyl adjacent to an activating group) is 1. The fourth-order valence-electron chi connectivity index (χ4n) is 4.46. The Morgan fingerprint density at radius 2 is 1.90 bits per heavy atom. The highest BCUT2D eigenvalue weighted by Gasteiger charge is 2.35. The minimum Gasteiger partial charge on any atom is -0.472 e. The molecule has 8 nitrogen and oxygen atoms in total. The summed E-state index contributed by atoms with van der Waals surface area (Å²) in [6.07, 6.45) is -3.86. The maximum Gasteiger partial charge on any atom is 0.416 e. The lowest BCUT2D eigenvalue weighted by atomic mass is 9.98. The lowest BCUT2D eigenvalue weighted by Gasteiger charge is -2.37. The van der Waals surface area contributed by atoms with E-state index in [4.69, 9.17) is 4.74 Å². The Hall–Kier alpha value is -4.19. The van der Waals surface area contributed by atoms with E-state index in [2.05, 4.69) is 10.3 Å². The van der Waals surface area contributed by atoms with Crippen LogP contribution in [-0.2, 0) is 6.18 Å². The van der Waals surface area contributed by atoms with Crippen LogP contribution in [0, 0.1) is 11.7 Å². The van der Waals surface area contributed by atoms with Crippen molar-refractivity contribution in [2.45, 2.75) is 32.2 Å². The van der Waals surface area contributed by atoms with E-state index in [0.29, 0.717) is 5.69 Å². The van der Waals surface area contributed by atoms with Crippen LogP contribution in [0.1, 0.15) is 29.8 Å². The van der Waals surface area contributed by atoms with Gasteiger partial charge in [0.15, 0.2) is 0 Å². The molecule has 41 heavy (non-hydrogen) atoms. The number of benzene rings is 2. The molecule has 0 saturated carbocycles. The number of nitrogens with zero attached hydrogens (tertiary/aromatic N) is 3. The van der Waals surface area contributed by atoms with Crippen LogP contribution in [0.3, 0.4) is 0 Å². The van der Waals surface area contributed by atoms with Gasteiger partial charge in [-0.1, -0.05) is 19.1 Å². The summed E-state index contributed by atoms with van der Waals surface area (Å²) in [6.45, 7) is 3.45. The molecule has 1 aromatic heterocycles. The minimum absolute atomic E-state index is 0.0236. The fraction of sp³-hybridized carbons (Fsp3) is 0.345. The summed E-state index contributed by atoms with van der Waals surface area (Å²) < 4.78 is 59.3. The summed E-state index contributed by atoms with van der Waals surface area (Å²) in [5.74, 6) is -1.28. The molecule has 4 rings (SSSR count).